The number of hydrogen-bond acceptors (Lipinski definition) is 3. The molecule has 7 heteroatoms. The van der Waals surface area contributed by atoms with Crippen LogP contribution in [0.1, 0.15) is 23.7 Å². The van der Waals surface area contributed by atoms with E-state index in [1.807, 2.05) is 0 Å². The van der Waals surface area contributed by atoms with Crippen LogP contribution in [0, 0.1) is 5.82 Å². The van der Waals surface area contributed by atoms with Gasteiger partial charge >= 0.3 is 5.97 Å². The van der Waals surface area contributed by atoms with Crippen LogP contribution in [0.2, 0.25) is 0 Å². The summed E-state index contributed by atoms with van der Waals surface area (Å²) in [6, 6.07) is 3.07. The number of anilines is 1. The van der Waals surface area contributed by atoms with Crippen LogP contribution in [0.5, 0.6) is 0 Å². The summed E-state index contributed by atoms with van der Waals surface area (Å²) >= 11 is 0. The molecule has 0 fully saturated rings. The molecule has 5 nitrogen and oxygen atoms in total. The molecule has 94 valence electrons. The quantitative estimate of drug-likeness (QED) is 0.844. The van der Waals surface area contributed by atoms with Crippen LogP contribution in [0.15, 0.2) is 18.2 Å². The Hall–Kier alpha value is -1.63. The van der Waals surface area contributed by atoms with Gasteiger partial charge in [0.2, 0.25) is 10.0 Å². The molecule has 2 N–H and O–H groups in total. The molecule has 0 saturated carbocycles. The lowest BCUT2D eigenvalue weighted by atomic mass is 10.2. The second-order valence-corrected chi connectivity index (χ2v) is 5.26. The molecular weight excluding hydrogens is 249 g/mol. The predicted octanol–water partition coefficient (Wildman–Crippen LogP) is 1.68. The van der Waals surface area contributed by atoms with E-state index in [1.165, 1.54) is 6.07 Å². The summed E-state index contributed by atoms with van der Waals surface area (Å²) in [5.74, 6) is -2.45. The fourth-order valence-electron chi connectivity index (χ4n) is 1.25. The maximum Gasteiger partial charge on any atom is 0.338 e. The lowest BCUT2D eigenvalue weighted by Gasteiger charge is -2.07. The van der Waals surface area contributed by atoms with Crippen molar-refractivity contribution < 1.29 is 22.7 Å². The fourth-order valence-corrected chi connectivity index (χ4v) is 2.38. The lowest BCUT2D eigenvalue weighted by Crippen LogP contribution is -2.16. The smallest absolute Gasteiger partial charge is 0.338 e. The zero-order valence-corrected chi connectivity index (χ0v) is 9.92. The van der Waals surface area contributed by atoms with Crippen molar-refractivity contribution in [3.8, 4) is 0 Å². The largest absolute Gasteiger partial charge is 0.478 e. The number of nitrogens with one attached hydrogen (secondary N) is 1. The molecule has 0 radical (unpaired) electrons. The molecule has 0 amide bonds. The molecule has 1 aromatic carbocycles. The van der Waals surface area contributed by atoms with Crippen LogP contribution >= 0.6 is 0 Å². The van der Waals surface area contributed by atoms with Gasteiger partial charge in [-0.25, -0.2) is 17.6 Å². The molecule has 17 heavy (non-hydrogen) atoms. The Balaban J connectivity index is 2.96. The van der Waals surface area contributed by atoms with Gasteiger partial charge in [0.15, 0.2) is 0 Å². The number of benzene rings is 1. The molecule has 0 saturated heterocycles. The van der Waals surface area contributed by atoms with Crippen LogP contribution in [-0.2, 0) is 10.0 Å². The molecule has 0 atom stereocenters. The SMILES string of the molecule is CCCS(=O)(=O)Nc1ccc(C(=O)O)c(F)c1. The molecular formula is C10H12FNO4S. The predicted molar refractivity (Wildman–Crippen MR) is 61.1 cm³/mol. The van der Waals surface area contributed by atoms with Gasteiger partial charge in [-0.15, -0.1) is 0 Å². The lowest BCUT2D eigenvalue weighted by molar-refractivity contribution is 0.0692. The summed E-state index contributed by atoms with van der Waals surface area (Å²) in [7, 11) is -3.50. The standard InChI is InChI=1S/C10H12FNO4S/c1-2-5-17(15,16)12-7-3-4-8(10(13)14)9(11)6-7/h3-4,6,12H,2,5H2,1H3,(H,13,14). The summed E-state index contributed by atoms with van der Waals surface area (Å²) in [5.41, 5.74) is -0.482. The highest BCUT2D eigenvalue weighted by Gasteiger charge is 2.13. The van der Waals surface area contributed by atoms with E-state index < -0.39 is 27.4 Å². The minimum absolute atomic E-state index is 0.0148. The second-order valence-electron chi connectivity index (χ2n) is 3.42. The molecule has 0 aliphatic carbocycles. The number of hydrogen-bond donors (Lipinski definition) is 2. The van der Waals surface area contributed by atoms with Gasteiger partial charge in [-0.2, -0.15) is 0 Å². The number of aromatic carboxylic acids is 1. The average molecular weight is 261 g/mol. The van der Waals surface area contributed by atoms with Crippen molar-refractivity contribution in [1.29, 1.82) is 0 Å². The zero-order valence-electron chi connectivity index (χ0n) is 9.10. The molecule has 0 unspecified atom stereocenters. The maximum atomic E-state index is 13.2. The van der Waals surface area contributed by atoms with E-state index in [1.54, 1.807) is 6.92 Å². The van der Waals surface area contributed by atoms with Gasteiger partial charge in [-0.1, -0.05) is 6.92 Å². The molecule has 1 aromatic rings. The van der Waals surface area contributed by atoms with Crippen molar-refractivity contribution in [2.45, 2.75) is 13.3 Å². The van der Waals surface area contributed by atoms with Crippen LogP contribution in [0.25, 0.3) is 0 Å². The Bertz CT molecular complexity index is 527. The number of rotatable bonds is 5. The Kier molecular flexibility index (Phi) is 4.06. The summed E-state index contributed by atoms with van der Waals surface area (Å²) < 4.78 is 38.2. The van der Waals surface area contributed by atoms with Gasteiger partial charge < -0.3 is 5.11 Å². The minimum Gasteiger partial charge on any atom is -0.478 e. The highest BCUT2D eigenvalue weighted by molar-refractivity contribution is 7.92. The van der Waals surface area contributed by atoms with Crippen molar-refractivity contribution >= 4 is 21.7 Å². The van der Waals surface area contributed by atoms with E-state index in [0.717, 1.165) is 12.1 Å². The third kappa shape index (κ3) is 3.70. The molecule has 0 aliphatic rings. The van der Waals surface area contributed by atoms with Crippen molar-refractivity contribution in [2.24, 2.45) is 0 Å². The second kappa shape index (κ2) is 5.13. The number of sulfonamides is 1. The van der Waals surface area contributed by atoms with E-state index >= 15 is 0 Å². The van der Waals surface area contributed by atoms with Crippen molar-refractivity contribution in [3.63, 3.8) is 0 Å². The van der Waals surface area contributed by atoms with Gasteiger partial charge in [0, 0.05) is 0 Å². The van der Waals surface area contributed by atoms with Crippen LogP contribution in [0.3, 0.4) is 0 Å². The third-order valence-electron chi connectivity index (χ3n) is 1.95. The van der Waals surface area contributed by atoms with Gasteiger partial charge in [0.25, 0.3) is 0 Å². The van der Waals surface area contributed by atoms with E-state index in [4.69, 9.17) is 5.11 Å². The molecule has 0 heterocycles. The van der Waals surface area contributed by atoms with Gasteiger partial charge in [0.1, 0.15) is 5.82 Å². The first-order valence-electron chi connectivity index (χ1n) is 4.89. The zero-order chi connectivity index (χ0) is 13.1. The number of carbonyl (C=O) groups is 1. The van der Waals surface area contributed by atoms with Crippen LogP contribution in [0.4, 0.5) is 10.1 Å². The van der Waals surface area contributed by atoms with Gasteiger partial charge in [-0.05, 0) is 24.6 Å². The topological polar surface area (TPSA) is 83.5 Å². The Morgan fingerprint density at radius 1 is 1.47 bits per heavy atom. The Labute approximate surface area is 98.3 Å². The fraction of sp³-hybridized carbons (Fsp3) is 0.300. The van der Waals surface area contributed by atoms with Crippen molar-refractivity contribution in [2.75, 3.05) is 10.5 Å². The Morgan fingerprint density at radius 3 is 2.59 bits per heavy atom. The monoisotopic (exact) mass is 261 g/mol. The van der Waals surface area contributed by atoms with E-state index in [0.29, 0.717) is 6.42 Å². The first-order chi connectivity index (χ1) is 7.85. The summed E-state index contributed by atoms with van der Waals surface area (Å²) in [5, 5.41) is 8.59. The molecule has 0 aromatic heterocycles. The number of halogens is 1. The van der Waals surface area contributed by atoms with E-state index in [-0.39, 0.29) is 11.4 Å². The first kappa shape index (κ1) is 13.4. The first-order valence-corrected chi connectivity index (χ1v) is 6.54. The van der Waals surface area contributed by atoms with Gasteiger partial charge in [-0.3, -0.25) is 4.72 Å². The van der Waals surface area contributed by atoms with Gasteiger partial charge in [0.05, 0.1) is 17.0 Å². The van der Waals surface area contributed by atoms with Crippen molar-refractivity contribution in [3.05, 3.63) is 29.6 Å². The van der Waals surface area contributed by atoms with E-state index in [9.17, 15) is 17.6 Å². The molecule has 0 spiro atoms. The molecule has 0 bridgehead atoms. The molecule has 1 rings (SSSR count). The number of carboxylic acid groups (broad SMARTS) is 1. The summed E-state index contributed by atoms with van der Waals surface area (Å²) in [6.07, 6.45) is 0.436. The highest BCUT2D eigenvalue weighted by atomic mass is 32.2. The van der Waals surface area contributed by atoms with Crippen LogP contribution < -0.4 is 4.72 Å². The van der Waals surface area contributed by atoms with E-state index in [2.05, 4.69) is 4.72 Å². The molecule has 0 aliphatic heterocycles. The minimum atomic E-state index is -3.50. The normalized spacial score (nSPS) is 11.2. The highest BCUT2D eigenvalue weighted by Crippen LogP contribution is 2.16. The maximum absolute atomic E-state index is 13.2. The van der Waals surface area contributed by atoms with Crippen molar-refractivity contribution in [1.82, 2.24) is 0 Å². The summed E-state index contributed by atoms with van der Waals surface area (Å²) in [6.45, 7) is 1.70. The Morgan fingerprint density at radius 2 is 2.12 bits per heavy atom. The third-order valence-corrected chi connectivity index (χ3v) is 3.44. The average Bonchev–Trinajstić information content (AvgIpc) is 2.15. The number of carboxylic acids is 1. The van der Waals surface area contributed by atoms with Crippen LogP contribution in [-0.4, -0.2) is 25.2 Å². The summed E-state index contributed by atoms with van der Waals surface area (Å²) in [4.78, 5) is 10.5.